The third kappa shape index (κ3) is 5.16. The van der Waals surface area contributed by atoms with E-state index in [1.807, 2.05) is 25.7 Å². The summed E-state index contributed by atoms with van der Waals surface area (Å²) in [6, 6.07) is 4.22. The van der Waals surface area contributed by atoms with Crippen LogP contribution in [-0.2, 0) is 11.3 Å². The van der Waals surface area contributed by atoms with Crippen molar-refractivity contribution < 1.29 is 18.3 Å². The highest BCUT2D eigenvalue weighted by Crippen LogP contribution is 2.16. The smallest absolute Gasteiger partial charge is 0.410 e. The zero-order valence-electron chi connectivity index (χ0n) is 13.9. The Morgan fingerprint density at radius 1 is 1.17 bits per heavy atom. The Hall–Kier alpha value is -1.69. The first-order valence-corrected chi connectivity index (χ1v) is 7.89. The van der Waals surface area contributed by atoms with Crippen LogP contribution in [0.15, 0.2) is 18.2 Å². The van der Waals surface area contributed by atoms with Crippen molar-refractivity contribution in [1.29, 1.82) is 0 Å². The van der Waals surface area contributed by atoms with Crippen LogP contribution < -0.4 is 0 Å². The van der Waals surface area contributed by atoms with Crippen molar-refractivity contribution in [2.75, 3.05) is 26.2 Å². The number of hydrogen-bond donors (Lipinski definition) is 0. The van der Waals surface area contributed by atoms with E-state index in [-0.39, 0.29) is 6.09 Å². The Balaban J connectivity index is 1.93. The Kier molecular flexibility index (Phi) is 5.57. The molecule has 0 aromatic heterocycles. The van der Waals surface area contributed by atoms with E-state index in [0.29, 0.717) is 31.7 Å². The van der Waals surface area contributed by atoms with Crippen LogP contribution in [0.25, 0.3) is 0 Å². The maximum absolute atomic E-state index is 13.8. The minimum Gasteiger partial charge on any atom is -0.444 e. The van der Waals surface area contributed by atoms with E-state index in [1.54, 1.807) is 11.0 Å². The van der Waals surface area contributed by atoms with Crippen LogP contribution >= 0.6 is 0 Å². The summed E-state index contributed by atoms with van der Waals surface area (Å²) in [5.41, 5.74) is -0.177. The molecule has 1 aliphatic heterocycles. The van der Waals surface area contributed by atoms with Crippen molar-refractivity contribution in [3.63, 3.8) is 0 Å². The first-order valence-electron chi connectivity index (χ1n) is 7.89. The zero-order valence-corrected chi connectivity index (χ0v) is 13.9. The molecular weight excluding hydrogens is 302 g/mol. The van der Waals surface area contributed by atoms with Gasteiger partial charge in [0.25, 0.3) is 0 Å². The Bertz CT molecular complexity index is 558. The van der Waals surface area contributed by atoms with Gasteiger partial charge in [-0.3, -0.25) is 4.90 Å². The molecule has 4 nitrogen and oxygen atoms in total. The van der Waals surface area contributed by atoms with Gasteiger partial charge in [0.05, 0.1) is 0 Å². The van der Waals surface area contributed by atoms with Gasteiger partial charge < -0.3 is 9.64 Å². The lowest BCUT2D eigenvalue weighted by atomic mass is 10.2. The zero-order chi connectivity index (χ0) is 17.0. The van der Waals surface area contributed by atoms with Gasteiger partial charge in [-0.15, -0.1) is 0 Å². The maximum Gasteiger partial charge on any atom is 0.410 e. The molecule has 0 radical (unpaired) electrons. The van der Waals surface area contributed by atoms with Crippen molar-refractivity contribution in [3.8, 4) is 0 Å². The fourth-order valence-electron chi connectivity index (χ4n) is 2.55. The van der Waals surface area contributed by atoms with Gasteiger partial charge in [-0.25, -0.2) is 13.6 Å². The highest BCUT2D eigenvalue weighted by molar-refractivity contribution is 5.68. The fourth-order valence-corrected chi connectivity index (χ4v) is 2.55. The third-order valence-electron chi connectivity index (χ3n) is 3.67. The number of carbonyl (C=O) groups is 1. The largest absolute Gasteiger partial charge is 0.444 e. The molecule has 6 heteroatoms. The summed E-state index contributed by atoms with van der Waals surface area (Å²) in [4.78, 5) is 15.8. The minimum absolute atomic E-state index is 0.323. The lowest BCUT2D eigenvalue weighted by molar-refractivity contribution is 0.0257. The molecule has 0 aliphatic carbocycles. The molecular formula is C17H24F2N2O2. The summed E-state index contributed by atoms with van der Waals surface area (Å²) in [6.45, 7) is 8.31. The first-order chi connectivity index (χ1) is 10.8. The number of ether oxygens (including phenoxy) is 1. The van der Waals surface area contributed by atoms with Gasteiger partial charge in [0.1, 0.15) is 5.60 Å². The third-order valence-corrected chi connectivity index (χ3v) is 3.67. The molecule has 0 spiro atoms. The van der Waals surface area contributed by atoms with Crippen LogP contribution in [0.1, 0.15) is 32.8 Å². The second-order valence-electron chi connectivity index (χ2n) is 6.81. The van der Waals surface area contributed by atoms with Crippen molar-refractivity contribution >= 4 is 6.09 Å². The van der Waals surface area contributed by atoms with Gasteiger partial charge in [-0.2, -0.15) is 0 Å². The van der Waals surface area contributed by atoms with Gasteiger partial charge in [0.2, 0.25) is 0 Å². The molecule has 0 saturated carbocycles. The number of carbonyl (C=O) groups excluding carboxylic acids is 1. The number of halogens is 2. The standard InChI is InChI=1S/C17H24F2N2O2/c1-17(2,3)23-16(22)21-9-5-8-20(10-11-21)12-13-6-4-7-14(18)15(13)19/h4,6-7H,5,8-12H2,1-3H3. The van der Waals surface area contributed by atoms with Crippen LogP contribution in [0, 0.1) is 11.6 Å². The molecule has 2 rings (SSSR count). The lowest BCUT2D eigenvalue weighted by Crippen LogP contribution is -2.39. The summed E-state index contributed by atoms with van der Waals surface area (Å²) < 4.78 is 32.4. The predicted molar refractivity (Wildman–Crippen MR) is 84.1 cm³/mol. The van der Waals surface area contributed by atoms with Crippen LogP contribution in [-0.4, -0.2) is 47.7 Å². The Morgan fingerprint density at radius 2 is 1.91 bits per heavy atom. The molecule has 1 heterocycles. The van der Waals surface area contributed by atoms with Gasteiger partial charge in [-0.1, -0.05) is 12.1 Å². The van der Waals surface area contributed by atoms with E-state index in [4.69, 9.17) is 4.74 Å². The summed E-state index contributed by atoms with van der Waals surface area (Å²) in [7, 11) is 0. The molecule has 1 saturated heterocycles. The molecule has 128 valence electrons. The second-order valence-corrected chi connectivity index (χ2v) is 6.81. The number of amides is 1. The molecule has 1 aliphatic rings. The van der Waals surface area contributed by atoms with Gasteiger partial charge >= 0.3 is 6.09 Å². The number of rotatable bonds is 2. The van der Waals surface area contributed by atoms with Crippen molar-refractivity contribution in [3.05, 3.63) is 35.4 Å². The van der Waals surface area contributed by atoms with Crippen molar-refractivity contribution in [2.24, 2.45) is 0 Å². The van der Waals surface area contributed by atoms with E-state index in [1.165, 1.54) is 6.07 Å². The topological polar surface area (TPSA) is 32.8 Å². The highest BCUT2D eigenvalue weighted by atomic mass is 19.2. The molecule has 0 N–H and O–H groups in total. The average molecular weight is 326 g/mol. The lowest BCUT2D eigenvalue weighted by Gasteiger charge is -2.26. The van der Waals surface area contributed by atoms with E-state index in [9.17, 15) is 13.6 Å². The molecule has 1 fully saturated rings. The van der Waals surface area contributed by atoms with Gasteiger partial charge in [0.15, 0.2) is 11.6 Å². The van der Waals surface area contributed by atoms with Crippen LogP contribution in [0.3, 0.4) is 0 Å². The van der Waals surface area contributed by atoms with Crippen LogP contribution in [0.2, 0.25) is 0 Å². The monoisotopic (exact) mass is 326 g/mol. The summed E-state index contributed by atoms with van der Waals surface area (Å²) in [5, 5.41) is 0. The molecule has 1 aromatic rings. The van der Waals surface area contributed by atoms with Crippen LogP contribution in [0.4, 0.5) is 13.6 Å². The number of nitrogens with zero attached hydrogens (tertiary/aromatic N) is 2. The first kappa shape index (κ1) is 17.7. The molecule has 0 unspecified atom stereocenters. The predicted octanol–water partition coefficient (Wildman–Crippen LogP) is 3.41. The van der Waals surface area contributed by atoms with E-state index >= 15 is 0 Å². The SMILES string of the molecule is CC(C)(C)OC(=O)N1CCCN(Cc2cccc(F)c2F)CC1. The van der Waals surface area contributed by atoms with Gasteiger partial charge in [0, 0.05) is 38.3 Å². The van der Waals surface area contributed by atoms with Crippen molar-refractivity contribution in [1.82, 2.24) is 9.80 Å². The highest BCUT2D eigenvalue weighted by Gasteiger charge is 2.24. The summed E-state index contributed by atoms with van der Waals surface area (Å²) in [6.07, 6.45) is 0.451. The Labute approximate surface area is 136 Å². The van der Waals surface area contributed by atoms with Crippen molar-refractivity contribution in [2.45, 2.75) is 39.3 Å². The second kappa shape index (κ2) is 7.25. The normalized spacial score (nSPS) is 17.0. The maximum atomic E-state index is 13.8. The number of benzene rings is 1. The van der Waals surface area contributed by atoms with E-state index < -0.39 is 17.2 Å². The van der Waals surface area contributed by atoms with Crippen LogP contribution in [0.5, 0.6) is 0 Å². The molecule has 1 aromatic carbocycles. The minimum atomic E-state index is -0.826. The van der Waals surface area contributed by atoms with E-state index in [2.05, 4.69) is 0 Å². The summed E-state index contributed by atoms with van der Waals surface area (Å²) >= 11 is 0. The molecule has 0 atom stereocenters. The summed E-state index contributed by atoms with van der Waals surface area (Å²) in [5.74, 6) is -1.62. The van der Waals surface area contributed by atoms with E-state index in [0.717, 1.165) is 19.0 Å². The average Bonchev–Trinajstić information content (AvgIpc) is 2.68. The molecule has 1 amide bonds. The Morgan fingerprint density at radius 3 is 2.61 bits per heavy atom. The van der Waals surface area contributed by atoms with Gasteiger partial charge in [-0.05, 0) is 33.3 Å². The molecule has 0 bridgehead atoms. The quantitative estimate of drug-likeness (QED) is 0.835. The molecule has 23 heavy (non-hydrogen) atoms. The fraction of sp³-hybridized carbons (Fsp3) is 0.588. The number of hydrogen-bond acceptors (Lipinski definition) is 3.